The van der Waals surface area contributed by atoms with E-state index in [1.54, 1.807) is 13.8 Å². The van der Waals surface area contributed by atoms with Crippen molar-refractivity contribution in [1.29, 1.82) is 0 Å². The first-order chi connectivity index (χ1) is 9.46. The lowest BCUT2D eigenvalue weighted by molar-refractivity contribution is -0.147. The van der Waals surface area contributed by atoms with Gasteiger partial charge in [0.25, 0.3) is 0 Å². The molecule has 1 amide bonds. The number of hydrogen-bond acceptors (Lipinski definition) is 2. The zero-order chi connectivity index (χ0) is 14.8. The zero-order valence-corrected chi connectivity index (χ0v) is 11.9. The number of benzene rings is 1. The Bertz CT molecular complexity index is 500. The van der Waals surface area contributed by atoms with E-state index in [0.717, 1.165) is 6.42 Å². The molecule has 0 heterocycles. The molecule has 2 rings (SSSR count). The first-order valence-electron chi connectivity index (χ1n) is 7.05. The Morgan fingerprint density at radius 3 is 2.55 bits per heavy atom. The molecular weight excluding hydrogens is 254 g/mol. The van der Waals surface area contributed by atoms with Crippen LogP contribution in [0.5, 0.6) is 0 Å². The topological polar surface area (TPSA) is 66.4 Å². The van der Waals surface area contributed by atoms with Crippen LogP contribution in [0.2, 0.25) is 0 Å². The average molecular weight is 275 g/mol. The molecule has 1 aliphatic rings. The van der Waals surface area contributed by atoms with Crippen LogP contribution in [0.1, 0.15) is 44.6 Å². The summed E-state index contributed by atoms with van der Waals surface area (Å²) in [6, 6.07) is 10.1. The molecule has 1 fully saturated rings. The van der Waals surface area contributed by atoms with Crippen molar-refractivity contribution in [2.24, 2.45) is 5.92 Å². The Hall–Kier alpha value is -1.84. The van der Waals surface area contributed by atoms with Gasteiger partial charge in [-0.25, -0.2) is 4.79 Å². The molecule has 0 aromatic heterocycles. The molecule has 20 heavy (non-hydrogen) atoms. The number of hydrogen-bond donors (Lipinski definition) is 2. The SMILES string of the molecule is CCC(C)(NC(=O)C[C@@H]1C[C@H]1c1ccccc1)C(=O)O. The molecule has 1 unspecified atom stereocenters. The molecule has 0 aliphatic heterocycles. The Kier molecular flexibility index (Phi) is 4.12. The van der Waals surface area contributed by atoms with Crippen LogP contribution in [0.15, 0.2) is 30.3 Å². The van der Waals surface area contributed by atoms with E-state index in [0.29, 0.717) is 24.7 Å². The summed E-state index contributed by atoms with van der Waals surface area (Å²) >= 11 is 0. The minimum absolute atomic E-state index is 0.166. The van der Waals surface area contributed by atoms with Crippen LogP contribution in [-0.2, 0) is 9.59 Å². The van der Waals surface area contributed by atoms with Crippen LogP contribution in [0, 0.1) is 5.92 Å². The lowest BCUT2D eigenvalue weighted by Gasteiger charge is -2.24. The first-order valence-corrected chi connectivity index (χ1v) is 7.05. The summed E-state index contributed by atoms with van der Waals surface area (Å²) in [5.41, 5.74) is 0.107. The summed E-state index contributed by atoms with van der Waals surface area (Å²) in [5, 5.41) is 11.8. The van der Waals surface area contributed by atoms with Gasteiger partial charge in [0.15, 0.2) is 0 Å². The van der Waals surface area contributed by atoms with Crippen LogP contribution in [0.25, 0.3) is 0 Å². The second kappa shape index (κ2) is 5.65. The van der Waals surface area contributed by atoms with Crippen molar-refractivity contribution in [3.05, 3.63) is 35.9 Å². The fourth-order valence-corrected chi connectivity index (χ4v) is 2.47. The van der Waals surface area contributed by atoms with Gasteiger partial charge in [0.1, 0.15) is 5.54 Å². The fraction of sp³-hybridized carbons (Fsp3) is 0.500. The molecule has 2 N–H and O–H groups in total. The second-order valence-electron chi connectivity index (χ2n) is 5.76. The summed E-state index contributed by atoms with van der Waals surface area (Å²) in [7, 11) is 0. The van der Waals surface area contributed by atoms with Crippen molar-refractivity contribution in [2.45, 2.75) is 44.6 Å². The molecule has 3 atom stereocenters. The van der Waals surface area contributed by atoms with Crippen LogP contribution >= 0.6 is 0 Å². The summed E-state index contributed by atoms with van der Waals surface area (Å²) in [5.74, 6) is -0.365. The van der Waals surface area contributed by atoms with E-state index in [4.69, 9.17) is 5.11 Å². The Labute approximate surface area is 119 Å². The number of amides is 1. The maximum atomic E-state index is 12.0. The Balaban J connectivity index is 1.87. The minimum Gasteiger partial charge on any atom is -0.480 e. The van der Waals surface area contributed by atoms with Gasteiger partial charge in [-0.3, -0.25) is 4.79 Å². The lowest BCUT2D eigenvalue weighted by atomic mass is 9.98. The maximum absolute atomic E-state index is 12.0. The molecule has 1 aliphatic carbocycles. The highest BCUT2D eigenvalue weighted by molar-refractivity contribution is 5.86. The van der Waals surface area contributed by atoms with Crippen LogP contribution < -0.4 is 5.32 Å². The number of rotatable bonds is 6. The largest absolute Gasteiger partial charge is 0.480 e. The van der Waals surface area contributed by atoms with E-state index >= 15 is 0 Å². The number of carbonyl (C=O) groups is 2. The molecule has 1 aromatic rings. The van der Waals surface area contributed by atoms with Gasteiger partial charge in [-0.1, -0.05) is 37.3 Å². The molecule has 1 aromatic carbocycles. The third kappa shape index (κ3) is 3.18. The lowest BCUT2D eigenvalue weighted by Crippen LogP contribution is -2.51. The van der Waals surface area contributed by atoms with Crippen molar-refractivity contribution in [3.63, 3.8) is 0 Å². The standard InChI is InChI=1S/C16H21NO3/c1-3-16(2,15(19)20)17-14(18)10-12-9-13(12)11-7-5-4-6-8-11/h4-8,12-13H,3,9-10H2,1-2H3,(H,17,18)(H,19,20)/t12-,13-,16?/m0/s1. The highest BCUT2D eigenvalue weighted by Gasteiger charge is 2.41. The average Bonchev–Trinajstić information content (AvgIpc) is 3.18. The quantitative estimate of drug-likeness (QED) is 0.838. The van der Waals surface area contributed by atoms with Crippen LogP contribution in [0.3, 0.4) is 0 Å². The van der Waals surface area contributed by atoms with Gasteiger partial charge in [0.2, 0.25) is 5.91 Å². The smallest absolute Gasteiger partial charge is 0.329 e. The number of carboxylic acid groups (broad SMARTS) is 1. The number of nitrogens with one attached hydrogen (secondary N) is 1. The van der Waals surface area contributed by atoms with Gasteiger partial charge in [-0.2, -0.15) is 0 Å². The highest BCUT2D eigenvalue weighted by Crippen LogP contribution is 2.49. The van der Waals surface area contributed by atoms with Gasteiger partial charge in [0, 0.05) is 6.42 Å². The molecule has 0 bridgehead atoms. The molecule has 108 valence electrons. The summed E-state index contributed by atoms with van der Waals surface area (Å²) in [6.45, 7) is 3.31. The Morgan fingerprint density at radius 1 is 1.35 bits per heavy atom. The molecule has 0 radical (unpaired) electrons. The molecule has 1 saturated carbocycles. The third-order valence-electron chi connectivity index (χ3n) is 4.19. The van der Waals surface area contributed by atoms with E-state index in [1.807, 2.05) is 18.2 Å². The number of carbonyl (C=O) groups excluding carboxylic acids is 1. The summed E-state index contributed by atoms with van der Waals surface area (Å²) in [4.78, 5) is 23.1. The Morgan fingerprint density at radius 2 is 2.00 bits per heavy atom. The van der Waals surface area contributed by atoms with Gasteiger partial charge in [-0.05, 0) is 37.2 Å². The minimum atomic E-state index is -1.16. The highest BCUT2D eigenvalue weighted by atomic mass is 16.4. The van der Waals surface area contributed by atoms with Gasteiger partial charge in [-0.15, -0.1) is 0 Å². The van der Waals surface area contributed by atoms with Crippen molar-refractivity contribution >= 4 is 11.9 Å². The van der Waals surface area contributed by atoms with Crippen molar-refractivity contribution in [1.82, 2.24) is 5.32 Å². The summed E-state index contributed by atoms with van der Waals surface area (Å²) < 4.78 is 0. The summed E-state index contributed by atoms with van der Waals surface area (Å²) in [6.07, 6.45) is 1.79. The van der Waals surface area contributed by atoms with E-state index in [-0.39, 0.29) is 5.91 Å². The van der Waals surface area contributed by atoms with E-state index in [9.17, 15) is 9.59 Å². The van der Waals surface area contributed by atoms with E-state index < -0.39 is 11.5 Å². The van der Waals surface area contributed by atoms with Crippen LogP contribution in [0.4, 0.5) is 0 Å². The number of aliphatic carboxylic acids is 1. The molecule has 4 heteroatoms. The van der Waals surface area contributed by atoms with Crippen molar-refractivity contribution < 1.29 is 14.7 Å². The van der Waals surface area contributed by atoms with Crippen molar-refractivity contribution in [3.8, 4) is 0 Å². The van der Waals surface area contributed by atoms with Crippen LogP contribution in [-0.4, -0.2) is 22.5 Å². The van der Waals surface area contributed by atoms with E-state index in [1.165, 1.54) is 5.56 Å². The third-order valence-corrected chi connectivity index (χ3v) is 4.19. The predicted molar refractivity (Wildman–Crippen MR) is 76.4 cm³/mol. The predicted octanol–water partition coefficient (Wildman–Crippen LogP) is 2.55. The van der Waals surface area contributed by atoms with E-state index in [2.05, 4.69) is 17.4 Å². The molecular formula is C16H21NO3. The number of carboxylic acids is 1. The molecule has 0 saturated heterocycles. The normalized spacial score (nSPS) is 23.7. The second-order valence-corrected chi connectivity index (χ2v) is 5.76. The maximum Gasteiger partial charge on any atom is 0.329 e. The molecule has 4 nitrogen and oxygen atoms in total. The van der Waals surface area contributed by atoms with Gasteiger partial charge in [0.05, 0.1) is 0 Å². The monoisotopic (exact) mass is 275 g/mol. The zero-order valence-electron chi connectivity index (χ0n) is 11.9. The fourth-order valence-electron chi connectivity index (χ4n) is 2.47. The molecule has 0 spiro atoms. The van der Waals surface area contributed by atoms with Gasteiger partial charge >= 0.3 is 5.97 Å². The first kappa shape index (κ1) is 14.6. The van der Waals surface area contributed by atoms with Gasteiger partial charge < -0.3 is 10.4 Å². The van der Waals surface area contributed by atoms with Crippen molar-refractivity contribution in [2.75, 3.05) is 0 Å².